The quantitative estimate of drug-likeness (QED) is 0.709. The lowest BCUT2D eigenvalue weighted by atomic mass is 10.3. The molecule has 1 fully saturated rings. The van der Waals surface area contributed by atoms with Gasteiger partial charge in [0.2, 0.25) is 5.91 Å². The second kappa shape index (κ2) is 6.61. The van der Waals surface area contributed by atoms with Gasteiger partial charge in [-0.2, -0.15) is 0 Å². The number of nitrogens with two attached hydrogens (primary N) is 1. The highest BCUT2D eigenvalue weighted by Gasteiger charge is 2.27. The Morgan fingerprint density at radius 2 is 2.47 bits per heavy atom. The first kappa shape index (κ1) is 13.9. The second-order valence-electron chi connectivity index (χ2n) is 3.82. The van der Waals surface area contributed by atoms with Gasteiger partial charge in [-0.3, -0.25) is 9.59 Å². The summed E-state index contributed by atoms with van der Waals surface area (Å²) in [5, 5.41) is 7.19. The normalized spacial score (nSPS) is 17.5. The van der Waals surface area contributed by atoms with E-state index in [4.69, 9.17) is 5.73 Å². The van der Waals surface area contributed by atoms with E-state index in [0.717, 1.165) is 22.2 Å². The summed E-state index contributed by atoms with van der Waals surface area (Å²) in [6.45, 7) is 0.784. The van der Waals surface area contributed by atoms with Crippen molar-refractivity contribution in [2.75, 3.05) is 12.3 Å². The Hall–Kier alpha value is -1.49. The highest BCUT2D eigenvalue weighted by atomic mass is 32.2. The molecular formula is C12H13N3O2S2. The van der Waals surface area contributed by atoms with E-state index in [0.29, 0.717) is 18.8 Å². The minimum absolute atomic E-state index is 0.143. The molecule has 19 heavy (non-hydrogen) atoms. The largest absolute Gasteiger partial charge is 0.349 e. The molecule has 5 nitrogen and oxygen atoms in total. The third kappa shape index (κ3) is 3.99. The molecule has 2 heterocycles. The Balaban J connectivity index is 1.83. The van der Waals surface area contributed by atoms with Gasteiger partial charge in [-0.05, 0) is 6.07 Å². The Morgan fingerprint density at radius 3 is 3.16 bits per heavy atom. The summed E-state index contributed by atoms with van der Waals surface area (Å²) in [5.74, 6) is 6.05. The van der Waals surface area contributed by atoms with E-state index < -0.39 is 6.04 Å². The lowest BCUT2D eigenvalue weighted by molar-refractivity contribution is -0.122. The van der Waals surface area contributed by atoms with Crippen LogP contribution in [0.2, 0.25) is 0 Å². The zero-order valence-electron chi connectivity index (χ0n) is 10.1. The molecule has 7 heteroatoms. The minimum atomic E-state index is -0.422. The van der Waals surface area contributed by atoms with Gasteiger partial charge in [-0.25, -0.2) is 0 Å². The fraction of sp³-hybridized carbons (Fsp3) is 0.333. The maximum atomic E-state index is 11.8. The van der Waals surface area contributed by atoms with E-state index >= 15 is 0 Å². The fourth-order valence-corrected chi connectivity index (χ4v) is 3.05. The summed E-state index contributed by atoms with van der Waals surface area (Å²) in [7, 11) is 0. The van der Waals surface area contributed by atoms with Crippen molar-refractivity contribution in [1.82, 2.24) is 10.6 Å². The van der Waals surface area contributed by atoms with Crippen molar-refractivity contribution in [2.45, 2.75) is 12.6 Å². The maximum absolute atomic E-state index is 11.8. The molecule has 1 aliphatic rings. The van der Waals surface area contributed by atoms with Crippen LogP contribution >= 0.6 is 23.1 Å². The number of carbonyl (C=O) groups is 2. The molecule has 1 aliphatic heterocycles. The van der Waals surface area contributed by atoms with Gasteiger partial charge in [0, 0.05) is 21.6 Å². The summed E-state index contributed by atoms with van der Waals surface area (Å²) in [4.78, 5) is 23.8. The second-order valence-corrected chi connectivity index (χ2v) is 5.81. The molecule has 1 unspecified atom stereocenters. The van der Waals surface area contributed by atoms with Gasteiger partial charge in [-0.1, -0.05) is 23.6 Å². The first-order chi connectivity index (χ1) is 9.19. The van der Waals surface area contributed by atoms with Gasteiger partial charge in [-0.15, -0.1) is 11.3 Å². The number of thioether (sulfide) groups is 1. The fourth-order valence-electron chi connectivity index (χ4n) is 1.52. The molecular weight excluding hydrogens is 282 g/mol. The molecule has 2 rings (SSSR count). The van der Waals surface area contributed by atoms with Crippen molar-refractivity contribution in [3.05, 3.63) is 21.9 Å². The topological polar surface area (TPSA) is 84.2 Å². The molecule has 1 atom stereocenters. The van der Waals surface area contributed by atoms with Crippen LogP contribution in [0.1, 0.15) is 10.4 Å². The molecule has 0 radical (unpaired) electrons. The monoisotopic (exact) mass is 295 g/mol. The van der Waals surface area contributed by atoms with E-state index in [2.05, 4.69) is 22.5 Å². The Bertz CT molecular complexity index is 545. The van der Waals surface area contributed by atoms with Gasteiger partial charge in [0.25, 0.3) is 5.24 Å². The third-order valence-electron chi connectivity index (χ3n) is 2.42. The molecule has 2 amide bonds. The molecule has 1 aromatic rings. The van der Waals surface area contributed by atoms with Crippen LogP contribution in [0.3, 0.4) is 0 Å². The summed E-state index contributed by atoms with van der Waals surface area (Å²) < 4.78 is 0. The van der Waals surface area contributed by atoms with Crippen molar-refractivity contribution in [1.29, 1.82) is 0 Å². The molecule has 0 saturated carbocycles. The summed E-state index contributed by atoms with van der Waals surface area (Å²) in [6, 6.07) is 1.50. The Morgan fingerprint density at radius 1 is 1.63 bits per heavy atom. The number of hydrogen-bond acceptors (Lipinski definition) is 5. The number of nitrogens with one attached hydrogen (secondary N) is 2. The average molecular weight is 295 g/mol. The number of carbonyl (C=O) groups excluding carboxylic acids is 2. The van der Waals surface area contributed by atoms with Crippen LogP contribution in [0.5, 0.6) is 0 Å². The van der Waals surface area contributed by atoms with Gasteiger partial charge < -0.3 is 16.4 Å². The van der Waals surface area contributed by atoms with Crippen LogP contribution in [0, 0.1) is 11.8 Å². The standard InChI is InChI=1S/C12H13N3O2S2/c13-3-1-2-8-4-9(18-6-8)5-14-11(16)10-7-19-12(17)15-10/h4,6,10H,3,5,7,13H2,(H,14,16)(H,15,17). The van der Waals surface area contributed by atoms with E-state index in [1.54, 1.807) is 0 Å². The van der Waals surface area contributed by atoms with Gasteiger partial charge >= 0.3 is 0 Å². The summed E-state index contributed by atoms with van der Waals surface area (Å²) >= 11 is 2.66. The zero-order valence-corrected chi connectivity index (χ0v) is 11.7. The molecule has 0 spiro atoms. The smallest absolute Gasteiger partial charge is 0.279 e. The SMILES string of the molecule is NCC#Cc1csc(CNC(=O)C2CSC(=O)N2)c1. The third-order valence-corrected chi connectivity index (χ3v) is 4.23. The zero-order chi connectivity index (χ0) is 13.7. The van der Waals surface area contributed by atoms with E-state index in [-0.39, 0.29) is 11.1 Å². The Kier molecular flexibility index (Phi) is 4.85. The van der Waals surface area contributed by atoms with E-state index in [1.165, 1.54) is 11.3 Å². The van der Waals surface area contributed by atoms with Crippen LogP contribution in [-0.4, -0.2) is 29.5 Å². The lowest BCUT2D eigenvalue weighted by Crippen LogP contribution is -2.42. The first-order valence-electron chi connectivity index (χ1n) is 5.66. The minimum Gasteiger partial charge on any atom is -0.349 e. The van der Waals surface area contributed by atoms with Crippen molar-refractivity contribution < 1.29 is 9.59 Å². The highest BCUT2D eigenvalue weighted by Crippen LogP contribution is 2.15. The number of thiophene rings is 1. The maximum Gasteiger partial charge on any atom is 0.279 e. The van der Waals surface area contributed by atoms with Gasteiger partial charge in [0.15, 0.2) is 0 Å². The highest BCUT2D eigenvalue weighted by molar-refractivity contribution is 8.14. The Labute approximate surface area is 119 Å². The number of amides is 2. The van der Waals surface area contributed by atoms with Crippen molar-refractivity contribution >= 4 is 34.2 Å². The van der Waals surface area contributed by atoms with Crippen LogP contribution in [-0.2, 0) is 11.3 Å². The van der Waals surface area contributed by atoms with E-state index in [1.807, 2.05) is 11.4 Å². The molecule has 100 valence electrons. The van der Waals surface area contributed by atoms with Crippen molar-refractivity contribution in [3.63, 3.8) is 0 Å². The van der Waals surface area contributed by atoms with Crippen LogP contribution in [0.25, 0.3) is 0 Å². The molecule has 0 aromatic carbocycles. The average Bonchev–Trinajstić information content (AvgIpc) is 3.02. The molecule has 1 saturated heterocycles. The van der Waals surface area contributed by atoms with Crippen LogP contribution < -0.4 is 16.4 Å². The van der Waals surface area contributed by atoms with E-state index in [9.17, 15) is 9.59 Å². The van der Waals surface area contributed by atoms with Gasteiger partial charge in [0.1, 0.15) is 6.04 Å². The number of rotatable bonds is 3. The summed E-state index contributed by atoms with van der Waals surface area (Å²) in [6.07, 6.45) is 0. The van der Waals surface area contributed by atoms with Crippen LogP contribution in [0.15, 0.2) is 11.4 Å². The molecule has 0 aliphatic carbocycles. The van der Waals surface area contributed by atoms with Crippen LogP contribution in [0.4, 0.5) is 4.79 Å². The predicted molar refractivity (Wildman–Crippen MR) is 76.9 cm³/mol. The van der Waals surface area contributed by atoms with Crippen molar-refractivity contribution in [2.24, 2.45) is 5.73 Å². The number of hydrogen-bond donors (Lipinski definition) is 3. The van der Waals surface area contributed by atoms with Crippen molar-refractivity contribution in [3.8, 4) is 11.8 Å². The molecule has 1 aromatic heterocycles. The first-order valence-corrected chi connectivity index (χ1v) is 7.53. The molecule has 4 N–H and O–H groups in total. The molecule has 0 bridgehead atoms. The predicted octanol–water partition coefficient (Wildman–Crippen LogP) is 0.499. The summed E-state index contributed by atoms with van der Waals surface area (Å²) in [5.41, 5.74) is 6.21. The lowest BCUT2D eigenvalue weighted by Gasteiger charge is -2.08. The van der Waals surface area contributed by atoms with Gasteiger partial charge in [0.05, 0.1) is 13.1 Å².